The van der Waals surface area contributed by atoms with E-state index < -0.39 is 0 Å². The minimum atomic E-state index is 0.660. The zero-order valence-corrected chi connectivity index (χ0v) is 14.0. The number of halogens is 1. The van der Waals surface area contributed by atoms with Crippen molar-refractivity contribution in [3.63, 3.8) is 0 Å². The summed E-state index contributed by atoms with van der Waals surface area (Å²) in [5.41, 5.74) is 2.77. The van der Waals surface area contributed by atoms with Gasteiger partial charge >= 0.3 is 0 Å². The quantitative estimate of drug-likeness (QED) is 0.709. The van der Waals surface area contributed by atoms with Gasteiger partial charge in [-0.25, -0.2) is 0 Å². The van der Waals surface area contributed by atoms with Crippen molar-refractivity contribution < 1.29 is 0 Å². The second kappa shape index (κ2) is 6.40. The lowest BCUT2D eigenvalue weighted by Crippen LogP contribution is -2.25. The third-order valence-electron chi connectivity index (χ3n) is 4.39. The third kappa shape index (κ3) is 2.61. The monoisotopic (exact) mass is 360 g/mol. The summed E-state index contributed by atoms with van der Waals surface area (Å²) in [6.07, 6.45) is 8.97. The molecule has 3 heteroatoms. The Hall–Kier alpha value is -0.0600. The van der Waals surface area contributed by atoms with Gasteiger partial charge in [0.15, 0.2) is 0 Å². The van der Waals surface area contributed by atoms with Crippen molar-refractivity contribution in [2.24, 2.45) is 5.92 Å². The van der Waals surface area contributed by atoms with E-state index in [1.165, 1.54) is 47.1 Å². The largest absolute Gasteiger partial charge is 0.265 e. The number of rotatable bonds is 4. The van der Waals surface area contributed by atoms with Gasteiger partial charge in [0, 0.05) is 0 Å². The number of aromatic nitrogens is 2. The van der Waals surface area contributed by atoms with Crippen LogP contribution in [-0.4, -0.2) is 9.78 Å². The molecule has 18 heavy (non-hydrogen) atoms. The molecule has 1 aliphatic rings. The van der Waals surface area contributed by atoms with Crippen molar-refractivity contribution in [1.82, 2.24) is 9.78 Å². The van der Waals surface area contributed by atoms with E-state index in [0.717, 1.165) is 18.8 Å². The van der Waals surface area contributed by atoms with Crippen LogP contribution in [0.2, 0.25) is 0 Å². The van der Waals surface area contributed by atoms with E-state index in [2.05, 4.69) is 48.0 Å². The molecule has 1 aromatic heterocycles. The number of hydrogen-bond acceptors (Lipinski definition) is 1. The minimum Gasteiger partial charge on any atom is -0.265 e. The molecule has 2 atom stereocenters. The van der Waals surface area contributed by atoms with Gasteiger partial charge in [0.1, 0.15) is 0 Å². The van der Waals surface area contributed by atoms with E-state index in [9.17, 15) is 0 Å². The molecule has 0 N–H and O–H groups in total. The van der Waals surface area contributed by atoms with Gasteiger partial charge in [-0.05, 0) is 54.2 Å². The molecule has 1 heterocycles. The first-order valence-electron chi connectivity index (χ1n) is 7.48. The maximum Gasteiger partial charge on any atom is 0.0758 e. The maximum absolute atomic E-state index is 4.93. The highest BCUT2D eigenvalue weighted by Crippen LogP contribution is 2.37. The first-order chi connectivity index (χ1) is 8.72. The van der Waals surface area contributed by atoms with E-state index in [1.807, 2.05) is 0 Å². The van der Waals surface area contributed by atoms with Gasteiger partial charge in [-0.1, -0.05) is 40.0 Å². The Bertz CT molecular complexity index is 397. The Morgan fingerprint density at radius 2 is 1.89 bits per heavy atom. The van der Waals surface area contributed by atoms with Gasteiger partial charge in [-0.15, -0.1) is 0 Å². The van der Waals surface area contributed by atoms with Crippen molar-refractivity contribution >= 4 is 22.6 Å². The number of nitrogens with zero attached hydrogens (tertiary/aromatic N) is 2. The van der Waals surface area contributed by atoms with Crippen molar-refractivity contribution in [2.75, 3.05) is 0 Å². The summed E-state index contributed by atoms with van der Waals surface area (Å²) in [7, 11) is 0. The van der Waals surface area contributed by atoms with Gasteiger partial charge in [0.2, 0.25) is 0 Å². The van der Waals surface area contributed by atoms with Crippen molar-refractivity contribution in [3.8, 4) is 0 Å². The Morgan fingerprint density at radius 3 is 2.50 bits per heavy atom. The summed E-state index contributed by atoms with van der Waals surface area (Å²) in [5.74, 6) is 0.837. The molecular weight excluding hydrogens is 335 g/mol. The molecule has 2 nitrogen and oxygen atoms in total. The molecule has 0 amide bonds. The first-order valence-corrected chi connectivity index (χ1v) is 8.56. The fourth-order valence-corrected chi connectivity index (χ4v) is 4.42. The molecule has 1 saturated carbocycles. The molecule has 0 aromatic carbocycles. The van der Waals surface area contributed by atoms with Gasteiger partial charge in [-0.2, -0.15) is 5.10 Å². The summed E-state index contributed by atoms with van der Waals surface area (Å²) >= 11 is 2.49. The van der Waals surface area contributed by atoms with Crippen LogP contribution < -0.4 is 0 Å². The SMILES string of the molecule is CCc1nn(C2CCCCC2CC)c(CC)c1I. The molecule has 1 aromatic rings. The van der Waals surface area contributed by atoms with Gasteiger partial charge in [0.05, 0.1) is 21.0 Å². The van der Waals surface area contributed by atoms with Crippen molar-refractivity contribution in [2.45, 2.75) is 71.8 Å². The minimum absolute atomic E-state index is 0.660. The highest BCUT2D eigenvalue weighted by molar-refractivity contribution is 14.1. The van der Waals surface area contributed by atoms with Crippen LogP contribution in [0.25, 0.3) is 0 Å². The zero-order chi connectivity index (χ0) is 13.1. The van der Waals surface area contributed by atoms with Crippen LogP contribution in [0.15, 0.2) is 0 Å². The summed E-state index contributed by atoms with van der Waals surface area (Å²) < 4.78 is 3.81. The van der Waals surface area contributed by atoms with Crippen LogP contribution in [0.1, 0.15) is 70.3 Å². The van der Waals surface area contributed by atoms with Crippen LogP contribution in [0.5, 0.6) is 0 Å². The predicted molar refractivity (Wildman–Crippen MR) is 85.0 cm³/mol. The summed E-state index contributed by atoms with van der Waals surface area (Å²) in [6.45, 7) is 6.81. The smallest absolute Gasteiger partial charge is 0.0758 e. The fraction of sp³-hybridized carbons (Fsp3) is 0.800. The Balaban J connectivity index is 2.36. The molecule has 1 fully saturated rings. The second-order valence-corrected chi connectivity index (χ2v) is 6.46. The van der Waals surface area contributed by atoms with E-state index in [1.54, 1.807) is 0 Å². The standard InChI is InChI=1S/C15H25IN2/c1-4-11-9-7-8-10-14(11)18-13(6-3)15(16)12(5-2)17-18/h11,14H,4-10H2,1-3H3. The topological polar surface area (TPSA) is 17.8 Å². The molecule has 0 aliphatic heterocycles. The molecule has 2 unspecified atom stereocenters. The predicted octanol–water partition coefficient (Wildman–Crippen LogP) is 4.75. The van der Waals surface area contributed by atoms with Gasteiger partial charge < -0.3 is 0 Å². The van der Waals surface area contributed by atoms with E-state index >= 15 is 0 Å². The Labute approximate surface area is 125 Å². The third-order valence-corrected chi connectivity index (χ3v) is 5.63. The highest BCUT2D eigenvalue weighted by Gasteiger charge is 2.28. The van der Waals surface area contributed by atoms with E-state index in [4.69, 9.17) is 5.10 Å². The van der Waals surface area contributed by atoms with Crippen LogP contribution >= 0.6 is 22.6 Å². The lowest BCUT2D eigenvalue weighted by molar-refractivity contribution is 0.213. The van der Waals surface area contributed by atoms with Crippen LogP contribution in [-0.2, 0) is 12.8 Å². The number of aryl methyl sites for hydroxylation is 1. The maximum atomic E-state index is 4.93. The van der Waals surface area contributed by atoms with Crippen molar-refractivity contribution in [1.29, 1.82) is 0 Å². The molecular formula is C15H25IN2. The zero-order valence-electron chi connectivity index (χ0n) is 11.9. The van der Waals surface area contributed by atoms with E-state index in [-0.39, 0.29) is 0 Å². The Kier molecular flexibility index (Phi) is 5.10. The molecule has 0 saturated heterocycles. The van der Waals surface area contributed by atoms with Gasteiger partial charge in [0.25, 0.3) is 0 Å². The average Bonchev–Trinajstić information content (AvgIpc) is 2.74. The molecule has 0 bridgehead atoms. The van der Waals surface area contributed by atoms with Crippen molar-refractivity contribution in [3.05, 3.63) is 15.0 Å². The first kappa shape index (κ1) is 14.4. The lowest BCUT2D eigenvalue weighted by Gasteiger charge is -2.32. The molecule has 0 spiro atoms. The normalized spacial score (nSPS) is 24.4. The van der Waals surface area contributed by atoms with Crippen LogP contribution in [0, 0.1) is 9.49 Å². The molecule has 2 rings (SSSR count). The van der Waals surface area contributed by atoms with Gasteiger partial charge in [-0.3, -0.25) is 4.68 Å². The van der Waals surface area contributed by atoms with Crippen LogP contribution in [0.4, 0.5) is 0 Å². The number of hydrogen-bond donors (Lipinski definition) is 0. The molecule has 0 radical (unpaired) electrons. The van der Waals surface area contributed by atoms with E-state index in [0.29, 0.717) is 6.04 Å². The summed E-state index contributed by atoms with van der Waals surface area (Å²) in [6, 6.07) is 0.660. The van der Waals surface area contributed by atoms with Crippen LogP contribution in [0.3, 0.4) is 0 Å². The average molecular weight is 360 g/mol. The fourth-order valence-electron chi connectivity index (χ4n) is 3.31. The molecule has 1 aliphatic carbocycles. The molecule has 102 valence electrons. The highest BCUT2D eigenvalue weighted by atomic mass is 127. The summed E-state index contributed by atoms with van der Waals surface area (Å²) in [4.78, 5) is 0. The lowest BCUT2D eigenvalue weighted by atomic mass is 9.83. The second-order valence-electron chi connectivity index (χ2n) is 5.38. The Morgan fingerprint density at radius 1 is 1.17 bits per heavy atom. The summed E-state index contributed by atoms with van der Waals surface area (Å²) in [5, 5.41) is 4.93.